The molecule has 0 aromatic heterocycles. The van der Waals surface area contributed by atoms with Crippen molar-refractivity contribution in [3.8, 4) is 0 Å². The van der Waals surface area contributed by atoms with E-state index in [1.807, 2.05) is 0 Å². The Hall–Kier alpha value is -0.880. The van der Waals surface area contributed by atoms with Crippen LogP contribution in [0.2, 0.25) is 0 Å². The summed E-state index contributed by atoms with van der Waals surface area (Å²) in [5.41, 5.74) is -0.989. The van der Waals surface area contributed by atoms with Crippen molar-refractivity contribution >= 4 is 11.6 Å². The molecule has 0 aliphatic heterocycles. The number of alkyl halides is 6. The quantitative estimate of drug-likeness (QED) is 0.659. The van der Waals surface area contributed by atoms with Crippen LogP contribution in [0.5, 0.6) is 0 Å². The molecule has 7 heteroatoms. The number of rotatable bonds is 3. The third-order valence-corrected chi connectivity index (χ3v) is 2.45. The Morgan fingerprint density at radius 1 is 1.06 bits per heavy atom. The first-order valence-electron chi connectivity index (χ1n) is 4.49. The topological polar surface area (TPSA) is 20.2 Å². The van der Waals surface area contributed by atoms with Crippen LogP contribution in [0.3, 0.4) is 0 Å². The van der Waals surface area contributed by atoms with Crippen molar-refractivity contribution in [2.45, 2.75) is 18.2 Å². The minimum atomic E-state index is -5.64. The standard InChI is InChI=1S/C10H8ClF5O/c11-5-8(17)6-1-3-7(4-2-6)9(12,13)10(14,15)16/h1-4,8,17H,5H2. The van der Waals surface area contributed by atoms with Crippen LogP contribution in [0.25, 0.3) is 0 Å². The maximum atomic E-state index is 12.9. The van der Waals surface area contributed by atoms with E-state index in [0.29, 0.717) is 12.1 Å². The maximum absolute atomic E-state index is 12.9. The van der Waals surface area contributed by atoms with Crippen LogP contribution < -0.4 is 0 Å². The van der Waals surface area contributed by atoms with E-state index in [2.05, 4.69) is 0 Å². The fraction of sp³-hybridized carbons (Fsp3) is 0.400. The lowest BCUT2D eigenvalue weighted by molar-refractivity contribution is -0.289. The van der Waals surface area contributed by atoms with Crippen LogP contribution in [0.15, 0.2) is 24.3 Å². The molecule has 1 nitrogen and oxygen atoms in total. The normalized spacial score (nSPS) is 14.8. The van der Waals surface area contributed by atoms with Gasteiger partial charge in [-0.3, -0.25) is 0 Å². The second-order valence-corrected chi connectivity index (χ2v) is 3.67. The Morgan fingerprint density at radius 2 is 1.53 bits per heavy atom. The Bertz CT molecular complexity index is 373. The Morgan fingerprint density at radius 3 is 1.88 bits per heavy atom. The molecule has 0 aliphatic rings. The summed E-state index contributed by atoms with van der Waals surface area (Å²) in [6.45, 7) is 0. The number of benzene rings is 1. The van der Waals surface area contributed by atoms with E-state index in [9.17, 15) is 27.1 Å². The fourth-order valence-corrected chi connectivity index (χ4v) is 1.35. The molecule has 0 saturated carbocycles. The van der Waals surface area contributed by atoms with Gasteiger partial charge in [0.1, 0.15) is 0 Å². The number of hydrogen-bond donors (Lipinski definition) is 1. The van der Waals surface area contributed by atoms with E-state index in [0.717, 1.165) is 12.1 Å². The van der Waals surface area contributed by atoms with E-state index in [4.69, 9.17) is 11.6 Å². The van der Waals surface area contributed by atoms with Gasteiger partial charge in [0.2, 0.25) is 0 Å². The second kappa shape index (κ2) is 4.78. The zero-order chi connectivity index (χ0) is 13.3. The molecule has 0 amide bonds. The van der Waals surface area contributed by atoms with Gasteiger partial charge in [0.05, 0.1) is 12.0 Å². The fourth-order valence-electron chi connectivity index (χ4n) is 1.17. The maximum Gasteiger partial charge on any atom is 0.458 e. The zero-order valence-electron chi connectivity index (χ0n) is 8.31. The molecular weight excluding hydrogens is 267 g/mol. The van der Waals surface area contributed by atoms with E-state index in [-0.39, 0.29) is 11.4 Å². The highest BCUT2D eigenvalue weighted by Crippen LogP contribution is 2.43. The summed E-state index contributed by atoms with van der Waals surface area (Å²) < 4.78 is 61.8. The van der Waals surface area contributed by atoms with Crippen LogP contribution >= 0.6 is 11.6 Å². The lowest BCUT2D eigenvalue weighted by Crippen LogP contribution is -2.33. The van der Waals surface area contributed by atoms with Gasteiger partial charge in [0, 0.05) is 5.56 Å². The van der Waals surface area contributed by atoms with Crippen LogP contribution in [-0.2, 0) is 5.92 Å². The molecule has 0 radical (unpaired) electrons. The van der Waals surface area contributed by atoms with Crippen molar-refractivity contribution in [3.05, 3.63) is 35.4 Å². The van der Waals surface area contributed by atoms with Crippen molar-refractivity contribution in [1.29, 1.82) is 0 Å². The van der Waals surface area contributed by atoms with Crippen molar-refractivity contribution in [2.24, 2.45) is 0 Å². The van der Waals surface area contributed by atoms with Crippen LogP contribution in [0, 0.1) is 0 Å². The lowest BCUT2D eigenvalue weighted by Gasteiger charge is -2.20. The van der Waals surface area contributed by atoms with Crippen molar-refractivity contribution in [1.82, 2.24) is 0 Å². The molecular formula is C10H8ClF5O. The predicted octanol–water partition coefficient (Wildman–Crippen LogP) is 3.61. The Kier molecular flexibility index (Phi) is 3.99. The lowest BCUT2D eigenvalue weighted by atomic mass is 10.0. The van der Waals surface area contributed by atoms with Crippen LogP contribution in [0.4, 0.5) is 22.0 Å². The Labute approximate surface area is 98.8 Å². The van der Waals surface area contributed by atoms with Gasteiger partial charge in [0.25, 0.3) is 0 Å². The molecule has 0 saturated heterocycles. The minimum Gasteiger partial charge on any atom is -0.387 e. The number of halogens is 6. The smallest absolute Gasteiger partial charge is 0.387 e. The monoisotopic (exact) mass is 274 g/mol. The SMILES string of the molecule is OC(CCl)c1ccc(C(F)(F)C(F)(F)F)cc1. The van der Waals surface area contributed by atoms with Crippen molar-refractivity contribution in [3.63, 3.8) is 0 Å². The molecule has 0 heterocycles. The van der Waals surface area contributed by atoms with Gasteiger partial charge >= 0.3 is 12.1 Å². The molecule has 1 atom stereocenters. The highest BCUT2D eigenvalue weighted by Gasteiger charge is 2.58. The largest absolute Gasteiger partial charge is 0.458 e. The first-order valence-corrected chi connectivity index (χ1v) is 5.02. The second-order valence-electron chi connectivity index (χ2n) is 3.36. The summed E-state index contributed by atoms with van der Waals surface area (Å²) in [5, 5.41) is 9.24. The summed E-state index contributed by atoms with van der Waals surface area (Å²) in [6, 6.07) is 3.22. The van der Waals surface area contributed by atoms with Gasteiger partial charge in [0.15, 0.2) is 0 Å². The summed E-state index contributed by atoms with van der Waals surface area (Å²) in [7, 11) is 0. The molecule has 1 N–H and O–H groups in total. The molecule has 1 rings (SSSR count). The van der Waals surface area contributed by atoms with E-state index in [1.54, 1.807) is 0 Å². The molecule has 1 aromatic rings. The molecule has 96 valence electrons. The first kappa shape index (κ1) is 14.2. The number of hydrogen-bond acceptors (Lipinski definition) is 1. The van der Waals surface area contributed by atoms with E-state index < -0.39 is 23.8 Å². The van der Waals surface area contributed by atoms with Crippen LogP contribution in [-0.4, -0.2) is 17.2 Å². The zero-order valence-corrected chi connectivity index (χ0v) is 9.06. The molecule has 0 aliphatic carbocycles. The molecule has 1 unspecified atom stereocenters. The van der Waals surface area contributed by atoms with Crippen molar-refractivity contribution in [2.75, 3.05) is 5.88 Å². The molecule has 0 fully saturated rings. The van der Waals surface area contributed by atoms with Gasteiger partial charge in [-0.05, 0) is 5.56 Å². The highest BCUT2D eigenvalue weighted by molar-refractivity contribution is 6.18. The van der Waals surface area contributed by atoms with E-state index in [1.165, 1.54) is 0 Å². The van der Waals surface area contributed by atoms with Gasteiger partial charge in [-0.25, -0.2) is 0 Å². The highest BCUT2D eigenvalue weighted by atomic mass is 35.5. The minimum absolute atomic E-state index is 0.172. The average Bonchev–Trinajstić information content (AvgIpc) is 2.26. The first-order chi connectivity index (χ1) is 7.70. The van der Waals surface area contributed by atoms with Gasteiger partial charge in [-0.15, -0.1) is 11.6 Å². The van der Waals surface area contributed by atoms with E-state index >= 15 is 0 Å². The summed E-state index contributed by atoms with van der Waals surface area (Å²) >= 11 is 5.31. The van der Waals surface area contributed by atoms with Gasteiger partial charge < -0.3 is 5.11 Å². The van der Waals surface area contributed by atoms with Crippen LogP contribution in [0.1, 0.15) is 17.2 Å². The molecule has 0 spiro atoms. The third-order valence-electron chi connectivity index (χ3n) is 2.16. The average molecular weight is 275 g/mol. The molecule has 1 aromatic carbocycles. The molecule has 0 bridgehead atoms. The number of aliphatic hydroxyl groups is 1. The summed E-state index contributed by atoms with van der Waals surface area (Å²) in [5.74, 6) is -5.08. The molecule has 17 heavy (non-hydrogen) atoms. The van der Waals surface area contributed by atoms with Gasteiger partial charge in [-0.2, -0.15) is 22.0 Å². The van der Waals surface area contributed by atoms with Crippen molar-refractivity contribution < 1.29 is 27.1 Å². The number of aliphatic hydroxyl groups excluding tert-OH is 1. The summed E-state index contributed by atoms with van der Waals surface area (Å²) in [4.78, 5) is 0. The summed E-state index contributed by atoms with van der Waals surface area (Å²) in [6.07, 6.45) is -6.73. The van der Waals surface area contributed by atoms with Gasteiger partial charge in [-0.1, -0.05) is 24.3 Å². The predicted molar refractivity (Wildman–Crippen MR) is 52.1 cm³/mol. The Balaban J connectivity index is 3.03. The third kappa shape index (κ3) is 2.87.